The van der Waals surface area contributed by atoms with Crippen molar-refractivity contribution in [3.8, 4) is 5.75 Å². The molecule has 1 atom stereocenters. The standard InChI is InChI=1S/C32H40ClFN2O3/c1-24-19-27(11-12-28(24)33)39-23-31(21-29(37)35-16-5-2-6-17-35)13-8-18-36(22-31)30(38)32(14-3-4-15-32)25-9-7-10-26(34)20-25/h7,9-12,19-20H,2-6,8,13-18,21-23H2,1H3. The van der Waals surface area contributed by atoms with Crippen LogP contribution in [0.15, 0.2) is 42.5 Å². The number of likely N-dealkylation sites (tertiary alicyclic amines) is 2. The van der Waals surface area contributed by atoms with E-state index in [9.17, 15) is 14.0 Å². The van der Waals surface area contributed by atoms with Crippen LogP contribution in [0, 0.1) is 18.2 Å². The zero-order valence-electron chi connectivity index (χ0n) is 23.0. The molecule has 39 heavy (non-hydrogen) atoms. The van der Waals surface area contributed by atoms with Crippen LogP contribution in [0.5, 0.6) is 5.75 Å². The van der Waals surface area contributed by atoms with Crippen molar-refractivity contribution in [2.75, 3.05) is 32.8 Å². The highest BCUT2D eigenvalue weighted by molar-refractivity contribution is 6.31. The second-order valence-corrected chi connectivity index (χ2v) is 12.4. The summed E-state index contributed by atoms with van der Waals surface area (Å²) in [5.41, 5.74) is 0.526. The van der Waals surface area contributed by atoms with E-state index in [1.165, 1.54) is 18.6 Å². The average Bonchev–Trinajstić information content (AvgIpc) is 3.45. The molecule has 5 nitrogen and oxygen atoms in total. The van der Waals surface area contributed by atoms with Crippen LogP contribution in [0.25, 0.3) is 0 Å². The fourth-order valence-corrected chi connectivity index (χ4v) is 7.02. The van der Waals surface area contributed by atoms with Crippen molar-refractivity contribution in [3.05, 3.63) is 64.4 Å². The summed E-state index contributed by atoms with van der Waals surface area (Å²) in [7, 11) is 0. The van der Waals surface area contributed by atoms with Crippen LogP contribution in [0.4, 0.5) is 4.39 Å². The molecule has 2 aliphatic heterocycles. The number of carbonyl (C=O) groups is 2. The lowest BCUT2D eigenvalue weighted by molar-refractivity contribution is -0.145. The van der Waals surface area contributed by atoms with Crippen LogP contribution in [0.3, 0.4) is 0 Å². The average molecular weight is 555 g/mol. The Morgan fingerprint density at radius 3 is 2.38 bits per heavy atom. The normalized spacial score (nSPS) is 23.1. The highest BCUT2D eigenvalue weighted by atomic mass is 35.5. The Hall–Kier alpha value is -2.60. The number of halogens is 2. The van der Waals surface area contributed by atoms with Crippen molar-refractivity contribution in [1.29, 1.82) is 0 Å². The monoisotopic (exact) mass is 554 g/mol. The molecular formula is C32H40ClFN2O3. The number of hydrogen-bond donors (Lipinski definition) is 0. The van der Waals surface area contributed by atoms with E-state index in [2.05, 4.69) is 0 Å². The number of carbonyl (C=O) groups excluding carboxylic acids is 2. The van der Waals surface area contributed by atoms with E-state index in [0.29, 0.717) is 31.1 Å². The molecule has 210 valence electrons. The zero-order valence-corrected chi connectivity index (χ0v) is 23.8. The number of benzene rings is 2. The second-order valence-electron chi connectivity index (χ2n) is 11.9. The van der Waals surface area contributed by atoms with Gasteiger partial charge in [-0.2, -0.15) is 0 Å². The highest BCUT2D eigenvalue weighted by Crippen LogP contribution is 2.45. The molecule has 0 radical (unpaired) electrons. The Balaban J connectivity index is 1.40. The molecular weight excluding hydrogens is 515 g/mol. The van der Waals surface area contributed by atoms with Gasteiger partial charge in [-0.05, 0) is 93.3 Å². The Morgan fingerprint density at radius 2 is 1.67 bits per heavy atom. The maximum atomic E-state index is 14.3. The largest absolute Gasteiger partial charge is 0.493 e. The minimum Gasteiger partial charge on any atom is -0.493 e. The number of ether oxygens (including phenoxy) is 1. The third kappa shape index (κ3) is 6.11. The Bertz CT molecular complexity index is 1190. The van der Waals surface area contributed by atoms with Gasteiger partial charge in [-0.3, -0.25) is 9.59 Å². The van der Waals surface area contributed by atoms with Gasteiger partial charge in [0.25, 0.3) is 0 Å². The van der Waals surface area contributed by atoms with Crippen molar-refractivity contribution in [1.82, 2.24) is 9.80 Å². The van der Waals surface area contributed by atoms with E-state index in [0.717, 1.165) is 81.3 Å². The molecule has 5 rings (SSSR count). The van der Waals surface area contributed by atoms with Crippen LogP contribution in [0.1, 0.15) is 75.3 Å². The lowest BCUT2D eigenvalue weighted by Crippen LogP contribution is -2.55. The summed E-state index contributed by atoms with van der Waals surface area (Å²) < 4.78 is 20.6. The van der Waals surface area contributed by atoms with E-state index in [-0.39, 0.29) is 17.6 Å². The van der Waals surface area contributed by atoms with Gasteiger partial charge in [-0.25, -0.2) is 4.39 Å². The summed E-state index contributed by atoms with van der Waals surface area (Å²) in [6.07, 6.45) is 8.59. The predicted molar refractivity (Wildman–Crippen MR) is 152 cm³/mol. The number of rotatable bonds is 7. The van der Waals surface area contributed by atoms with Gasteiger partial charge in [0.2, 0.25) is 11.8 Å². The minimum atomic E-state index is -0.698. The quantitative estimate of drug-likeness (QED) is 0.383. The molecule has 0 N–H and O–H groups in total. The van der Waals surface area contributed by atoms with Crippen LogP contribution < -0.4 is 4.74 Å². The molecule has 2 aromatic carbocycles. The number of piperidine rings is 2. The molecule has 1 saturated carbocycles. The van der Waals surface area contributed by atoms with Crippen molar-refractivity contribution >= 4 is 23.4 Å². The van der Waals surface area contributed by atoms with Gasteiger partial charge < -0.3 is 14.5 Å². The smallest absolute Gasteiger partial charge is 0.233 e. The van der Waals surface area contributed by atoms with E-state index >= 15 is 0 Å². The molecule has 1 unspecified atom stereocenters. The fraction of sp³-hybridized carbons (Fsp3) is 0.562. The van der Waals surface area contributed by atoms with E-state index in [1.807, 2.05) is 41.0 Å². The molecule has 2 aromatic rings. The molecule has 3 aliphatic rings. The van der Waals surface area contributed by atoms with Crippen molar-refractivity contribution in [2.24, 2.45) is 5.41 Å². The van der Waals surface area contributed by atoms with Gasteiger partial charge in [0.05, 0.1) is 12.0 Å². The van der Waals surface area contributed by atoms with Crippen molar-refractivity contribution < 1.29 is 18.7 Å². The van der Waals surface area contributed by atoms with E-state index in [1.54, 1.807) is 6.07 Å². The summed E-state index contributed by atoms with van der Waals surface area (Å²) in [5, 5.41) is 0.686. The number of hydrogen-bond acceptors (Lipinski definition) is 3. The maximum absolute atomic E-state index is 14.3. The first-order valence-corrected chi connectivity index (χ1v) is 14.9. The third-order valence-electron chi connectivity index (χ3n) is 9.10. The lowest BCUT2D eigenvalue weighted by atomic mass is 9.74. The number of nitrogens with zero attached hydrogens (tertiary/aromatic N) is 2. The Labute approximate surface area is 236 Å². The maximum Gasteiger partial charge on any atom is 0.233 e. The van der Waals surface area contributed by atoms with Crippen molar-refractivity contribution in [3.63, 3.8) is 0 Å². The first kappa shape index (κ1) is 27.9. The van der Waals surface area contributed by atoms with Gasteiger partial charge in [-0.1, -0.05) is 36.6 Å². The van der Waals surface area contributed by atoms with Crippen molar-refractivity contribution in [2.45, 2.75) is 76.5 Å². The summed E-state index contributed by atoms with van der Waals surface area (Å²) in [6, 6.07) is 12.2. The van der Waals surface area contributed by atoms with Gasteiger partial charge in [0.1, 0.15) is 11.6 Å². The number of aryl methyl sites for hydroxylation is 1. The Kier molecular flexibility index (Phi) is 8.51. The van der Waals surface area contributed by atoms with Gasteiger partial charge in [-0.15, -0.1) is 0 Å². The molecule has 7 heteroatoms. The first-order chi connectivity index (χ1) is 18.8. The summed E-state index contributed by atoms with van der Waals surface area (Å²) in [6.45, 7) is 5.02. The van der Waals surface area contributed by atoms with Gasteiger partial charge in [0, 0.05) is 43.0 Å². The molecule has 2 saturated heterocycles. The van der Waals surface area contributed by atoms with Gasteiger partial charge in [0.15, 0.2) is 0 Å². The van der Waals surface area contributed by atoms with Crippen LogP contribution in [0.2, 0.25) is 5.02 Å². The fourth-order valence-electron chi connectivity index (χ4n) is 6.91. The van der Waals surface area contributed by atoms with Gasteiger partial charge >= 0.3 is 0 Å². The van der Waals surface area contributed by atoms with Crippen LogP contribution in [-0.4, -0.2) is 54.4 Å². The lowest BCUT2D eigenvalue weighted by Gasteiger charge is -2.46. The first-order valence-electron chi connectivity index (χ1n) is 14.5. The molecule has 1 aliphatic carbocycles. The van der Waals surface area contributed by atoms with E-state index in [4.69, 9.17) is 16.3 Å². The molecule has 3 fully saturated rings. The van der Waals surface area contributed by atoms with Crippen LogP contribution in [-0.2, 0) is 15.0 Å². The Morgan fingerprint density at radius 1 is 0.923 bits per heavy atom. The van der Waals surface area contributed by atoms with E-state index < -0.39 is 10.8 Å². The summed E-state index contributed by atoms with van der Waals surface area (Å²) >= 11 is 6.23. The molecule has 2 amide bonds. The molecule has 0 bridgehead atoms. The number of amides is 2. The summed E-state index contributed by atoms with van der Waals surface area (Å²) in [4.78, 5) is 31.8. The van der Waals surface area contributed by atoms with Crippen LogP contribution >= 0.6 is 11.6 Å². The topological polar surface area (TPSA) is 49.9 Å². The second kappa shape index (κ2) is 11.9. The third-order valence-corrected chi connectivity index (χ3v) is 9.53. The summed E-state index contributed by atoms with van der Waals surface area (Å²) in [5.74, 6) is 0.638. The molecule has 0 aromatic heterocycles. The zero-order chi connectivity index (χ0) is 27.5. The predicted octanol–water partition coefficient (Wildman–Crippen LogP) is 6.69. The minimum absolute atomic E-state index is 0.0717. The highest BCUT2D eigenvalue weighted by Gasteiger charge is 2.48. The SMILES string of the molecule is Cc1cc(OCC2(CC(=O)N3CCCCC3)CCCN(C(=O)C3(c4cccc(F)c4)CCCC3)C2)ccc1Cl. The molecule has 0 spiro atoms. The molecule has 2 heterocycles.